The first-order valence-corrected chi connectivity index (χ1v) is 15.1. The Kier molecular flexibility index (Phi) is 6.71. The highest BCUT2D eigenvalue weighted by Gasteiger charge is 2.53. The Hall–Kier alpha value is -2.14. The molecule has 0 bridgehead atoms. The first kappa shape index (κ1) is 25.2. The van der Waals surface area contributed by atoms with Crippen molar-refractivity contribution in [3.8, 4) is 0 Å². The lowest BCUT2D eigenvalue weighted by atomic mass is 10.0. The second-order valence-corrected chi connectivity index (χ2v) is 13.1. The normalized spacial score (nSPS) is 28.5. The van der Waals surface area contributed by atoms with Crippen LogP contribution in [0.15, 0.2) is 41.3 Å². The van der Waals surface area contributed by atoms with Gasteiger partial charge >= 0.3 is 10.2 Å². The highest BCUT2D eigenvalue weighted by atomic mass is 35.5. The zero-order chi connectivity index (χ0) is 25.7. The molecule has 4 fully saturated rings. The van der Waals surface area contributed by atoms with E-state index in [1.807, 2.05) is 30.3 Å². The van der Waals surface area contributed by atoms with E-state index in [2.05, 4.69) is 17.3 Å². The van der Waals surface area contributed by atoms with Gasteiger partial charge in [0, 0.05) is 38.2 Å². The number of nitrogens with one attached hydrogen (secondary N) is 1. The average Bonchev–Trinajstić information content (AvgIpc) is 3.84. The second-order valence-electron chi connectivity index (χ2n) is 10.9. The zero-order valence-electron chi connectivity index (χ0n) is 21.0. The van der Waals surface area contributed by atoms with Gasteiger partial charge in [0.15, 0.2) is 0 Å². The summed E-state index contributed by atoms with van der Waals surface area (Å²) >= 11 is 6.48. The van der Waals surface area contributed by atoms with Gasteiger partial charge in [-0.3, -0.25) is 9.10 Å². The molecule has 4 aliphatic rings. The molecule has 2 aliphatic carbocycles. The number of ether oxygens (including phenoxy) is 1. The predicted molar refractivity (Wildman–Crippen MR) is 143 cm³/mol. The molecule has 0 spiro atoms. The maximum Gasteiger partial charge on any atom is 0.304 e. The molecule has 0 radical (unpaired) electrons. The Balaban J connectivity index is 1.11. The molecule has 37 heavy (non-hydrogen) atoms. The number of halogens is 1. The summed E-state index contributed by atoms with van der Waals surface area (Å²) in [5.74, 6) is 2.42. The molecule has 1 N–H and O–H groups in total. The lowest BCUT2D eigenvalue weighted by molar-refractivity contribution is 0.0516. The van der Waals surface area contributed by atoms with Crippen LogP contribution in [0.4, 0.5) is 11.4 Å². The van der Waals surface area contributed by atoms with Gasteiger partial charge in [0.2, 0.25) is 0 Å². The molecule has 4 atom stereocenters. The second kappa shape index (κ2) is 9.87. The number of piperidine rings is 1. The summed E-state index contributed by atoms with van der Waals surface area (Å²) in [6.07, 6.45) is 4.37. The molecule has 2 aromatic rings. The van der Waals surface area contributed by atoms with Crippen molar-refractivity contribution in [3.63, 3.8) is 0 Å². The number of rotatable bonds is 8. The van der Waals surface area contributed by atoms with Crippen molar-refractivity contribution in [2.75, 3.05) is 42.5 Å². The van der Waals surface area contributed by atoms with E-state index in [1.54, 1.807) is 10.5 Å². The maximum absolute atomic E-state index is 13.6. The quantitative estimate of drug-likeness (QED) is 0.544. The van der Waals surface area contributed by atoms with Gasteiger partial charge in [-0.15, -0.1) is 0 Å². The standard InChI is InChI=1S/C26H34ClN5O4S/c1-17-22-16-36-15-18(24(17)22)13-28-23-14-29-31(26(33)25(23)27)19-9-11-30(12-10-19)37(34,35)32(21-7-8-21)20-5-3-2-4-6-20/h2-6,14,17-19,21-22,24,28H,7-13,15-16H2,1H3/t17-,18-,22+,24-/m0/s1. The number of benzene rings is 1. The highest BCUT2D eigenvalue weighted by molar-refractivity contribution is 7.90. The number of anilines is 2. The minimum Gasteiger partial charge on any atom is -0.382 e. The van der Waals surface area contributed by atoms with Crippen LogP contribution in [0.1, 0.15) is 38.6 Å². The molecule has 2 saturated heterocycles. The third kappa shape index (κ3) is 4.77. The van der Waals surface area contributed by atoms with Crippen LogP contribution in [0.3, 0.4) is 0 Å². The van der Waals surface area contributed by atoms with Crippen LogP contribution >= 0.6 is 11.6 Å². The summed E-state index contributed by atoms with van der Waals surface area (Å²) in [7, 11) is -3.66. The van der Waals surface area contributed by atoms with Crippen molar-refractivity contribution in [2.24, 2.45) is 23.7 Å². The molecule has 0 unspecified atom stereocenters. The van der Waals surface area contributed by atoms with E-state index in [1.165, 1.54) is 8.99 Å². The predicted octanol–water partition coefficient (Wildman–Crippen LogP) is 3.39. The Morgan fingerprint density at radius 3 is 2.57 bits per heavy atom. The number of hydrogen-bond donors (Lipinski definition) is 1. The number of nitrogens with zero attached hydrogens (tertiary/aromatic N) is 4. The van der Waals surface area contributed by atoms with Crippen molar-refractivity contribution < 1.29 is 13.2 Å². The molecule has 2 aliphatic heterocycles. The Morgan fingerprint density at radius 1 is 1.14 bits per heavy atom. The molecule has 9 nitrogen and oxygen atoms in total. The lowest BCUT2D eigenvalue weighted by Gasteiger charge is -2.36. The largest absolute Gasteiger partial charge is 0.382 e. The van der Waals surface area contributed by atoms with Crippen LogP contribution in [0.2, 0.25) is 5.02 Å². The molecule has 11 heteroatoms. The fourth-order valence-electron chi connectivity index (χ4n) is 6.21. The van der Waals surface area contributed by atoms with Crippen LogP contribution in [0.5, 0.6) is 0 Å². The molecule has 1 aromatic heterocycles. The van der Waals surface area contributed by atoms with Crippen LogP contribution in [0.25, 0.3) is 0 Å². The first-order valence-electron chi connectivity index (χ1n) is 13.3. The van der Waals surface area contributed by atoms with Gasteiger partial charge in [-0.2, -0.15) is 17.8 Å². The minimum atomic E-state index is -3.66. The van der Waals surface area contributed by atoms with E-state index in [0.717, 1.165) is 26.1 Å². The number of hydrogen-bond acceptors (Lipinski definition) is 6. The van der Waals surface area contributed by atoms with Gasteiger partial charge in [-0.25, -0.2) is 4.68 Å². The monoisotopic (exact) mass is 547 g/mol. The van der Waals surface area contributed by atoms with E-state index >= 15 is 0 Å². The summed E-state index contributed by atoms with van der Waals surface area (Å²) in [6, 6.07) is 9.11. The van der Waals surface area contributed by atoms with E-state index in [9.17, 15) is 13.2 Å². The van der Waals surface area contributed by atoms with E-state index < -0.39 is 10.2 Å². The SMILES string of the molecule is C[C@H]1[C@H]2COC[C@H](CNc3cnn(C4CCN(S(=O)(=O)N(c5ccccc5)C5CC5)CC4)c(=O)c3Cl)[C@H]12. The van der Waals surface area contributed by atoms with Gasteiger partial charge < -0.3 is 10.1 Å². The smallest absolute Gasteiger partial charge is 0.304 e. The third-order valence-electron chi connectivity index (χ3n) is 8.55. The van der Waals surface area contributed by atoms with Gasteiger partial charge in [0.1, 0.15) is 5.02 Å². The van der Waals surface area contributed by atoms with Crippen molar-refractivity contribution in [1.29, 1.82) is 0 Å². The van der Waals surface area contributed by atoms with Crippen molar-refractivity contribution in [2.45, 2.75) is 44.7 Å². The van der Waals surface area contributed by atoms with Crippen LogP contribution in [-0.2, 0) is 14.9 Å². The maximum atomic E-state index is 13.6. The van der Waals surface area contributed by atoms with Gasteiger partial charge in [0.25, 0.3) is 5.56 Å². The summed E-state index contributed by atoms with van der Waals surface area (Å²) < 4.78 is 37.4. The van der Waals surface area contributed by atoms with Crippen molar-refractivity contribution in [1.82, 2.24) is 14.1 Å². The molecular weight excluding hydrogens is 514 g/mol. The number of fused-ring (bicyclic) bond motifs is 1. The molecule has 2 saturated carbocycles. The molecular formula is C26H34ClN5O4S. The summed E-state index contributed by atoms with van der Waals surface area (Å²) in [5, 5.41) is 7.88. The van der Waals surface area contributed by atoms with Crippen molar-refractivity contribution in [3.05, 3.63) is 51.9 Å². The van der Waals surface area contributed by atoms with E-state index in [4.69, 9.17) is 16.3 Å². The Morgan fingerprint density at radius 2 is 1.86 bits per heavy atom. The summed E-state index contributed by atoms with van der Waals surface area (Å²) in [5.41, 5.74) is 0.905. The van der Waals surface area contributed by atoms with Gasteiger partial charge in [-0.1, -0.05) is 36.7 Å². The average molecular weight is 548 g/mol. The first-order chi connectivity index (χ1) is 17.9. The fourth-order valence-corrected chi connectivity index (χ4v) is 8.31. The van der Waals surface area contributed by atoms with Crippen LogP contribution in [0, 0.1) is 23.7 Å². The lowest BCUT2D eigenvalue weighted by Crippen LogP contribution is -2.49. The minimum absolute atomic E-state index is 0.0162. The van der Waals surface area contributed by atoms with Crippen LogP contribution in [-0.4, -0.2) is 61.4 Å². The summed E-state index contributed by atoms with van der Waals surface area (Å²) in [6.45, 7) is 5.21. The molecule has 0 amide bonds. The highest BCUT2D eigenvalue weighted by Crippen LogP contribution is 2.53. The molecule has 200 valence electrons. The fraction of sp³-hybridized carbons (Fsp3) is 0.615. The molecule has 1 aromatic carbocycles. The van der Waals surface area contributed by atoms with Gasteiger partial charge in [-0.05, 0) is 55.6 Å². The Labute approximate surface area is 222 Å². The molecule has 6 rings (SSSR count). The molecule has 3 heterocycles. The van der Waals surface area contributed by atoms with Crippen molar-refractivity contribution >= 4 is 33.2 Å². The van der Waals surface area contributed by atoms with E-state index in [0.29, 0.717) is 67.5 Å². The number of aromatic nitrogens is 2. The topological polar surface area (TPSA) is 96.8 Å². The van der Waals surface area contributed by atoms with Gasteiger partial charge in [0.05, 0.1) is 30.2 Å². The van der Waals surface area contributed by atoms with Crippen LogP contribution < -0.4 is 15.2 Å². The zero-order valence-corrected chi connectivity index (χ0v) is 22.6. The number of para-hydroxylation sites is 1. The summed E-state index contributed by atoms with van der Waals surface area (Å²) in [4.78, 5) is 13.1. The third-order valence-corrected chi connectivity index (χ3v) is 10.9. The Bertz CT molecular complexity index is 1290. The van der Waals surface area contributed by atoms with E-state index in [-0.39, 0.29) is 22.7 Å².